The summed E-state index contributed by atoms with van der Waals surface area (Å²) >= 11 is 0. The van der Waals surface area contributed by atoms with Crippen molar-refractivity contribution in [1.29, 1.82) is 0 Å². The van der Waals surface area contributed by atoms with Crippen LogP contribution in [0.2, 0.25) is 0 Å². The second-order valence-electron chi connectivity index (χ2n) is 2.58. The zero-order valence-electron chi connectivity index (χ0n) is 6.83. The van der Waals surface area contributed by atoms with Crippen molar-refractivity contribution >= 4 is 10.7 Å². The van der Waals surface area contributed by atoms with Gasteiger partial charge in [-0.2, -0.15) is 0 Å². The summed E-state index contributed by atoms with van der Waals surface area (Å²) in [6.07, 6.45) is -0.0231. The monoisotopic (exact) mass is 206 g/mol. The van der Waals surface area contributed by atoms with Gasteiger partial charge in [0.05, 0.1) is 0 Å². The molecule has 2 aliphatic carbocycles. The third-order valence-corrected chi connectivity index (χ3v) is 1.59. The fourth-order valence-corrected chi connectivity index (χ4v) is 0.997. The molecule has 0 radical (unpaired) electrons. The molecular weight excluding hydrogens is 198 g/mol. The molecule has 2 aliphatic rings. The lowest BCUT2D eigenvalue weighted by atomic mass is 9.91. The first-order valence-corrected chi connectivity index (χ1v) is 5.16. The quantitative estimate of drug-likeness (QED) is 0.651. The Labute approximate surface area is 76.1 Å². The minimum atomic E-state index is -2.12. The standard InChI is InChI=1S/C7H4F2.CH4O2S/c8-6-2-1-4-3-5(6)7(4)9;1-4(2)3/h1-3,7H;4H,1H3. The summed E-state index contributed by atoms with van der Waals surface area (Å²) in [6.45, 7) is 0. The van der Waals surface area contributed by atoms with Gasteiger partial charge in [-0.25, -0.2) is 17.2 Å². The van der Waals surface area contributed by atoms with Crippen LogP contribution in [-0.2, 0) is 10.7 Å². The van der Waals surface area contributed by atoms with Gasteiger partial charge >= 0.3 is 0 Å². The third-order valence-electron chi connectivity index (χ3n) is 1.59. The Balaban J connectivity index is 0.000000184. The van der Waals surface area contributed by atoms with Crippen molar-refractivity contribution in [2.24, 2.45) is 0 Å². The van der Waals surface area contributed by atoms with E-state index in [1.165, 1.54) is 18.2 Å². The zero-order chi connectivity index (χ0) is 10.0. The highest BCUT2D eigenvalue weighted by molar-refractivity contribution is 7.71. The Bertz CT molecular complexity index is 376. The number of benzene rings is 1. The van der Waals surface area contributed by atoms with Gasteiger partial charge in [-0.05, 0) is 17.7 Å². The Morgan fingerprint density at radius 2 is 1.92 bits per heavy atom. The minimum Gasteiger partial charge on any atom is -0.237 e. The first-order valence-electron chi connectivity index (χ1n) is 3.53. The maximum atomic E-state index is 12.5. The van der Waals surface area contributed by atoms with Crippen LogP contribution in [0.25, 0.3) is 0 Å². The number of hydrogen-bond acceptors (Lipinski definition) is 2. The first-order chi connectivity index (χ1) is 6.02. The van der Waals surface area contributed by atoms with Crippen molar-refractivity contribution in [3.05, 3.63) is 35.1 Å². The summed E-state index contributed by atoms with van der Waals surface area (Å²) in [5.41, 5.74) is 0.791. The van der Waals surface area contributed by atoms with E-state index in [0.29, 0.717) is 5.56 Å². The highest BCUT2D eigenvalue weighted by Crippen LogP contribution is 2.37. The molecule has 1 unspecified atom stereocenters. The molecule has 13 heavy (non-hydrogen) atoms. The van der Waals surface area contributed by atoms with E-state index in [4.69, 9.17) is 8.42 Å². The fourth-order valence-electron chi connectivity index (χ4n) is 0.997. The molecule has 0 fully saturated rings. The number of fused-ring (bicyclic) bond motifs is 2. The molecule has 0 spiro atoms. The van der Waals surface area contributed by atoms with Crippen molar-refractivity contribution in [2.75, 3.05) is 6.26 Å². The van der Waals surface area contributed by atoms with E-state index >= 15 is 0 Å². The molecule has 0 N–H and O–H groups in total. The SMILES string of the molecule is C[SH](=O)=O.Fc1ccc2cc1C2F. The highest BCUT2D eigenvalue weighted by atomic mass is 32.2. The summed E-state index contributed by atoms with van der Waals surface area (Å²) in [5, 5.41) is 0. The number of thiol groups is 1. The fraction of sp³-hybridized carbons (Fsp3) is 0.250. The molecule has 2 nitrogen and oxygen atoms in total. The summed E-state index contributed by atoms with van der Waals surface area (Å²) in [7, 11) is -2.12. The first kappa shape index (κ1) is 10.1. The molecule has 5 heteroatoms. The molecule has 1 aromatic carbocycles. The molecule has 72 valence electrons. The van der Waals surface area contributed by atoms with Gasteiger partial charge in [0, 0.05) is 11.8 Å². The van der Waals surface area contributed by atoms with E-state index in [9.17, 15) is 8.78 Å². The average Bonchev–Trinajstić information content (AvgIpc) is 2.02. The normalized spacial score (nSPS) is 17.4. The molecule has 2 bridgehead atoms. The summed E-state index contributed by atoms with van der Waals surface area (Å²) in [5.74, 6) is -0.433. The number of alkyl halides is 1. The van der Waals surface area contributed by atoms with Crippen LogP contribution in [0.1, 0.15) is 17.3 Å². The predicted octanol–water partition coefficient (Wildman–Crippen LogP) is 1.43. The number of rotatable bonds is 0. The number of hydrogen-bond donors (Lipinski definition) is 1. The summed E-state index contributed by atoms with van der Waals surface area (Å²) in [6, 6.07) is 4.29. The second-order valence-corrected chi connectivity index (χ2v) is 3.46. The van der Waals surface area contributed by atoms with Gasteiger partial charge in [0.15, 0.2) is 6.17 Å². The molecule has 0 amide bonds. The van der Waals surface area contributed by atoms with Gasteiger partial charge in [-0.3, -0.25) is 0 Å². The van der Waals surface area contributed by atoms with Gasteiger partial charge in [0.2, 0.25) is 0 Å². The van der Waals surface area contributed by atoms with Crippen LogP contribution in [0.5, 0.6) is 0 Å². The second kappa shape index (κ2) is 3.83. The Morgan fingerprint density at radius 3 is 2.15 bits per heavy atom. The largest absolute Gasteiger partial charge is 0.237 e. The molecule has 0 aromatic heterocycles. The molecule has 1 atom stereocenters. The highest BCUT2D eigenvalue weighted by Gasteiger charge is 2.26. The Kier molecular flexibility index (Phi) is 2.98. The van der Waals surface area contributed by atoms with Crippen LogP contribution in [0.4, 0.5) is 8.78 Å². The van der Waals surface area contributed by atoms with Gasteiger partial charge < -0.3 is 0 Å². The molecule has 0 saturated carbocycles. The lowest BCUT2D eigenvalue weighted by Crippen LogP contribution is -2.08. The van der Waals surface area contributed by atoms with Crippen LogP contribution in [-0.4, -0.2) is 14.7 Å². The maximum Gasteiger partial charge on any atom is 0.153 e. The minimum absolute atomic E-state index is 0.201. The third kappa shape index (κ3) is 2.24. The van der Waals surface area contributed by atoms with Crippen molar-refractivity contribution < 1.29 is 17.2 Å². The molecular formula is C8H8F2O2S. The molecule has 0 aliphatic heterocycles. The van der Waals surface area contributed by atoms with Crippen LogP contribution in [0, 0.1) is 5.82 Å². The van der Waals surface area contributed by atoms with E-state index in [-0.39, 0.29) is 5.56 Å². The van der Waals surface area contributed by atoms with Gasteiger partial charge in [0.25, 0.3) is 0 Å². The smallest absolute Gasteiger partial charge is 0.153 e. The molecule has 3 rings (SSSR count). The lowest BCUT2D eigenvalue weighted by molar-refractivity contribution is 0.363. The Hall–Kier alpha value is -0.970. The topological polar surface area (TPSA) is 34.1 Å². The van der Waals surface area contributed by atoms with Crippen molar-refractivity contribution in [3.63, 3.8) is 0 Å². The summed E-state index contributed by atoms with van der Waals surface area (Å²) < 4.78 is 42.9. The Morgan fingerprint density at radius 1 is 1.38 bits per heavy atom. The summed E-state index contributed by atoms with van der Waals surface area (Å²) in [4.78, 5) is 0. The van der Waals surface area contributed by atoms with Crippen molar-refractivity contribution in [2.45, 2.75) is 6.17 Å². The van der Waals surface area contributed by atoms with E-state index in [0.717, 1.165) is 6.26 Å². The van der Waals surface area contributed by atoms with Gasteiger partial charge in [0.1, 0.15) is 16.5 Å². The van der Waals surface area contributed by atoms with Crippen LogP contribution >= 0.6 is 0 Å². The number of halogens is 2. The van der Waals surface area contributed by atoms with Crippen LogP contribution in [0.15, 0.2) is 18.2 Å². The van der Waals surface area contributed by atoms with Crippen LogP contribution in [0.3, 0.4) is 0 Å². The van der Waals surface area contributed by atoms with Crippen molar-refractivity contribution in [3.8, 4) is 0 Å². The van der Waals surface area contributed by atoms with Gasteiger partial charge in [-0.1, -0.05) is 6.07 Å². The molecule has 0 heterocycles. The van der Waals surface area contributed by atoms with Crippen LogP contribution < -0.4 is 0 Å². The predicted molar refractivity (Wildman–Crippen MR) is 45.6 cm³/mol. The zero-order valence-corrected chi connectivity index (χ0v) is 7.72. The average molecular weight is 206 g/mol. The van der Waals surface area contributed by atoms with E-state index in [2.05, 4.69) is 0 Å². The van der Waals surface area contributed by atoms with E-state index in [1.54, 1.807) is 0 Å². The van der Waals surface area contributed by atoms with E-state index < -0.39 is 22.7 Å². The van der Waals surface area contributed by atoms with Crippen molar-refractivity contribution in [1.82, 2.24) is 0 Å². The van der Waals surface area contributed by atoms with E-state index in [1.807, 2.05) is 0 Å². The molecule has 0 saturated heterocycles. The maximum absolute atomic E-state index is 12.5. The van der Waals surface area contributed by atoms with Gasteiger partial charge in [-0.15, -0.1) is 0 Å². The lowest BCUT2D eigenvalue weighted by Gasteiger charge is -2.19. The molecule has 1 aromatic rings.